The summed E-state index contributed by atoms with van der Waals surface area (Å²) in [5, 5.41) is 6.76. The highest BCUT2D eigenvalue weighted by molar-refractivity contribution is 5.78. The number of para-hydroxylation sites is 2. The van der Waals surface area contributed by atoms with Crippen molar-refractivity contribution in [2.45, 2.75) is 19.3 Å². The van der Waals surface area contributed by atoms with Gasteiger partial charge in [-0.05, 0) is 44.0 Å². The van der Waals surface area contributed by atoms with E-state index in [9.17, 15) is 8.78 Å². The maximum atomic E-state index is 13.9. The van der Waals surface area contributed by atoms with Crippen molar-refractivity contribution in [3.05, 3.63) is 36.2 Å². The molecule has 10 heteroatoms. The van der Waals surface area contributed by atoms with E-state index in [-0.39, 0.29) is 5.82 Å². The molecule has 32 heavy (non-hydrogen) atoms. The molecule has 0 radical (unpaired) electrons. The van der Waals surface area contributed by atoms with Crippen LogP contribution in [0.2, 0.25) is 0 Å². The Labute approximate surface area is 185 Å². The molecular weight excluding hydrogens is 416 g/mol. The summed E-state index contributed by atoms with van der Waals surface area (Å²) in [6, 6.07) is 8.88. The van der Waals surface area contributed by atoms with Gasteiger partial charge in [0.2, 0.25) is 5.95 Å². The molecule has 0 bridgehead atoms. The van der Waals surface area contributed by atoms with E-state index < -0.39 is 6.43 Å². The average Bonchev–Trinajstić information content (AvgIpc) is 3.24. The molecule has 4 heterocycles. The minimum atomic E-state index is -2.73. The minimum Gasteiger partial charge on any atom is -0.378 e. The van der Waals surface area contributed by atoms with E-state index in [1.807, 2.05) is 6.07 Å². The highest BCUT2D eigenvalue weighted by Crippen LogP contribution is 2.29. The standard InChI is InChI=1S/C22H27F2N7O/c23-20(24)21-27-16-5-1-2-6-17(16)31(21)19-12-18(30-8-10-32-11-9-30)28-22(29-19)26-14-15-4-3-7-25-13-15/h1-2,5-6,12,15,20,25H,3-4,7-11,13-14H2,(H,26,28,29)/t15-/m0/s1. The molecule has 2 fully saturated rings. The highest BCUT2D eigenvalue weighted by atomic mass is 19.3. The van der Waals surface area contributed by atoms with Crippen LogP contribution in [0.4, 0.5) is 20.5 Å². The van der Waals surface area contributed by atoms with Gasteiger partial charge in [0.05, 0.1) is 24.2 Å². The molecule has 8 nitrogen and oxygen atoms in total. The summed E-state index contributed by atoms with van der Waals surface area (Å²) >= 11 is 0. The van der Waals surface area contributed by atoms with Crippen LogP contribution in [0.1, 0.15) is 25.1 Å². The van der Waals surface area contributed by atoms with Gasteiger partial charge in [-0.3, -0.25) is 4.57 Å². The Morgan fingerprint density at radius 1 is 1.12 bits per heavy atom. The molecule has 2 aliphatic heterocycles. The summed E-state index contributed by atoms with van der Waals surface area (Å²) in [7, 11) is 0. The third kappa shape index (κ3) is 4.37. The number of nitrogens with zero attached hydrogens (tertiary/aromatic N) is 5. The van der Waals surface area contributed by atoms with Crippen LogP contribution in [-0.4, -0.2) is 65.5 Å². The van der Waals surface area contributed by atoms with E-state index >= 15 is 0 Å². The molecule has 0 saturated carbocycles. The van der Waals surface area contributed by atoms with Crippen LogP contribution >= 0.6 is 0 Å². The molecule has 1 atom stereocenters. The summed E-state index contributed by atoms with van der Waals surface area (Å²) in [4.78, 5) is 15.6. The molecule has 0 spiro atoms. The van der Waals surface area contributed by atoms with Gasteiger partial charge in [-0.1, -0.05) is 12.1 Å². The number of morpholine rings is 1. The zero-order valence-electron chi connectivity index (χ0n) is 17.8. The van der Waals surface area contributed by atoms with Crippen LogP contribution in [0.15, 0.2) is 30.3 Å². The maximum absolute atomic E-state index is 13.9. The predicted octanol–water partition coefficient (Wildman–Crippen LogP) is 3.00. The van der Waals surface area contributed by atoms with E-state index in [1.165, 1.54) is 4.57 Å². The van der Waals surface area contributed by atoms with Gasteiger partial charge in [0.1, 0.15) is 11.6 Å². The largest absolute Gasteiger partial charge is 0.378 e. The normalized spacial score (nSPS) is 19.6. The van der Waals surface area contributed by atoms with Crippen molar-refractivity contribution in [3.63, 3.8) is 0 Å². The molecule has 2 aliphatic rings. The molecule has 2 N–H and O–H groups in total. The highest BCUT2D eigenvalue weighted by Gasteiger charge is 2.23. The van der Waals surface area contributed by atoms with Gasteiger partial charge in [0.25, 0.3) is 6.43 Å². The molecule has 1 aromatic carbocycles. The average molecular weight is 444 g/mol. The number of hydrogen-bond acceptors (Lipinski definition) is 7. The Morgan fingerprint density at radius 2 is 1.94 bits per heavy atom. The van der Waals surface area contributed by atoms with E-state index in [2.05, 4.69) is 25.5 Å². The van der Waals surface area contributed by atoms with E-state index in [4.69, 9.17) is 9.72 Å². The number of aromatic nitrogens is 4. The zero-order valence-corrected chi connectivity index (χ0v) is 17.8. The molecular formula is C22H27F2N7O. The molecule has 2 aromatic heterocycles. The lowest BCUT2D eigenvalue weighted by molar-refractivity contribution is 0.122. The second-order valence-electron chi connectivity index (χ2n) is 8.20. The van der Waals surface area contributed by atoms with Gasteiger partial charge in [0.15, 0.2) is 5.82 Å². The minimum absolute atomic E-state index is 0.319. The SMILES string of the molecule is FC(F)c1nc2ccccc2n1-c1cc(N2CCOCC2)nc(NC[C@H]2CCCNC2)n1. The number of halogens is 2. The number of ether oxygens (including phenoxy) is 1. The number of nitrogens with one attached hydrogen (secondary N) is 2. The van der Waals surface area contributed by atoms with Crippen LogP contribution < -0.4 is 15.5 Å². The third-order valence-corrected chi connectivity index (χ3v) is 5.99. The van der Waals surface area contributed by atoms with E-state index in [0.717, 1.165) is 32.5 Å². The summed E-state index contributed by atoms with van der Waals surface area (Å²) in [6.45, 7) is 5.31. The van der Waals surface area contributed by atoms with Crippen molar-refractivity contribution in [1.82, 2.24) is 24.8 Å². The zero-order chi connectivity index (χ0) is 21.9. The van der Waals surface area contributed by atoms with Gasteiger partial charge in [-0.25, -0.2) is 13.8 Å². The monoisotopic (exact) mass is 443 g/mol. The number of alkyl halides is 2. The van der Waals surface area contributed by atoms with Crippen LogP contribution in [0.5, 0.6) is 0 Å². The fourth-order valence-electron chi connectivity index (χ4n) is 4.34. The quantitative estimate of drug-likeness (QED) is 0.606. The first-order chi connectivity index (χ1) is 15.7. The number of hydrogen-bond donors (Lipinski definition) is 2. The third-order valence-electron chi connectivity index (χ3n) is 5.99. The number of imidazole rings is 1. The molecule has 0 aliphatic carbocycles. The van der Waals surface area contributed by atoms with Gasteiger partial charge in [0, 0.05) is 25.7 Å². The van der Waals surface area contributed by atoms with Gasteiger partial charge >= 0.3 is 0 Å². The lowest BCUT2D eigenvalue weighted by atomic mass is 10.00. The Hall–Kier alpha value is -2.85. The topological polar surface area (TPSA) is 80.1 Å². The maximum Gasteiger partial charge on any atom is 0.296 e. The van der Waals surface area contributed by atoms with Crippen molar-refractivity contribution in [1.29, 1.82) is 0 Å². The molecule has 2 saturated heterocycles. The number of anilines is 2. The van der Waals surface area contributed by atoms with Crippen LogP contribution in [0.25, 0.3) is 16.9 Å². The molecule has 3 aromatic rings. The summed E-state index contributed by atoms with van der Waals surface area (Å²) in [5.41, 5.74) is 1.11. The Balaban J connectivity index is 1.55. The van der Waals surface area contributed by atoms with Crippen molar-refractivity contribution in [3.8, 4) is 5.82 Å². The van der Waals surface area contributed by atoms with Gasteiger partial charge in [-0.15, -0.1) is 0 Å². The van der Waals surface area contributed by atoms with Crippen LogP contribution in [-0.2, 0) is 4.74 Å². The Morgan fingerprint density at radius 3 is 2.72 bits per heavy atom. The lowest BCUT2D eigenvalue weighted by Crippen LogP contribution is -2.37. The Kier molecular flexibility index (Phi) is 6.13. The second-order valence-corrected chi connectivity index (χ2v) is 8.20. The summed E-state index contributed by atoms with van der Waals surface area (Å²) in [6.07, 6.45) is -0.447. The molecule has 0 amide bonds. The van der Waals surface area contributed by atoms with E-state index in [1.54, 1.807) is 24.3 Å². The summed E-state index contributed by atoms with van der Waals surface area (Å²) in [5.74, 6) is 1.68. The van der Waals surface area contributed by atoms with Crippen molar-refractivity contribution in [2.75, 3.05) is 56.2 Å². The fraction of sp³-hybridized carbons (Fsp3) is 0.500. The van der Waals surface area contributed by atoms with Crippen molar-refractivity contribution in [2.24, 2.45) is 5.92 Å². The second kappa shape index (κ2) is 9.33. The van der Waals surface area contributed by atoms with Crippen LogP contribution in [0.3, 0.4) is 0 Å². The number of piperidine rings is 1. The molecule has 0 unspecified atom stereocenters. The van der Waals surface area contributed by atoms with E-state index in [0.29, 0.717) is 60.8 Å². The Bertz CT molecular complexity index is 1060. The number of rotatable bonds is 6. The van der Waals surface area contributed by atoms with Crippen molar-refractivity contribution >= 4 is 22.8 Å². The molecule has 5 rings (SSSR count). The number of fused-ring (bicyclic) bond motifs is 1. The summed E-state index contributed by atoms with van der Waals surface area (Å²) < 4.78 is 34.8. The molecule has 170 valence electrons. The lowest BCUT2D eigenvalue weighted by Gasteiger charge is -2.28. The first kappa shape index (κ1) is 21.0. The van der Waals surface area contributed by atoms with Gasteiger partial charge < -0.3 is 20.3 Å². The smallest absolute Gasteiger partial charge is 0.296 e. The number of benzene rings is 1. The first-order valence-electron chi connectivity index (χ1n) is 11.1. The predicted molar refractivity (Wildman–Crippen MR) is 119 cm³/mol. The van der Waals surface area contributed by atoms with Crippen molar-refractivity contribution < 1.29 is 13.5 Å². The fourth-order valence-corrected chi connectivity index (χ4v) is 4.34. The van der Waals surface area contributed by atoms with Crippen LogP contribution in [0, 0.1) is 5.92 Å². The van der Waals surface area contributed by atoms with Gasteiger partial charge in [-0.2, -0.15) is 9.97 Å². The first-order valence-corrected chi connectivity index (χ1v) is 11.1.